The first kappa shape index (κ1) is 15.2. The van der Waals surface area contributed by atoms with Gasteiger partial charge in [-0.1, -0.05) is 19.9 Å². The molecule has 0 spiro atoms. The lowest BCUT2D eigenvalue weighted by atomic mass is 9.98. The van der Waals surface area contributed by atoms with Crippen molar-refractivity contribution in [3.8, 4) is 5.75 Å². The summed E-state index contributed by atoms with van der Waals surface area (Å²) in [7, 11) is 0. The molecule has 2 N–H and O–H groups in total. The molecule has 0 radical (unpaired) electrons. The Kier molecular flexibility index (Phi) is 5.30. The van der Waals surface area contributed by atoms with Gasteiger partial charge in [0, 0.05) is 36.4 Å². The second-order valence-corrected chi connectivity index (χ2v) is 6.09. The zero-order chi connectivity index (χ0) is 14.5. The SMILES string of the molecule is CCCNC(C)c1ccc(N2CCC(C)CC2)cc1O. The third-order valence-electron chi connectivity index (χ3n) is 4.33. The van der Waals surface area contributed by atoms with Gasteiger partial charge in [-0.05, 0) is 44.7 Å². The summed E-state index contributed by atoms with van der Waals surface area (Å²) in [5, 5.41) is 13.7. The van der Waals surface area contributed by atoms with E-state index in [1.165, 1.54) is 12.8 Å². The fourth-order valence-corrected chi connectivity index (χ4v) is 2.83. The predicted octanol–water partition coefficient (Wildman–Crippen LogP) is 3.69. The minimum atomic E-state index is 0.199. The van der Waals surface area contributed by atoms with Crippen LogP contribution in [0.25, 0.3) is 0 Å². The minimum absolute atomic E-state index is 0.199. The van der Waals surface area contributed by atoms with E-state index in [9.17, 15) is 5.11 Å². The van der Waals surface area contributed by atoms with Gasteiger partial charge in [0.2, 0.25) is 0 Å². The predicted molar refractivity (Wildman–Crippen MR) is 85.4 cm³/mol. The molecule has 2 rings (SSSR count). The molecule has 1 aliphatic heterocycles. The summed E-state index contributed by atoms with van der Waals surface area (Å²) in [6.45, 7) is 9.76. The molecule has 1 atom stereocenters. The average Bonchev–Trinajstić information content (AvgIpc) is 2.45. The molecule has 1 fully saturated rings. The highest BCUT2D eigenvalue weighted by Crippen LogP contribution is 2.31. The molecule has 1 saturated heterocycles. The Hall–Kier alpha value is -1.22. The topological polar surface area (TPSA) is 35.5 Å². The Balaban J connectivity index is 2.05. The van der Waals surface area contributed by atoms with Gasteiger partial charge >= 0.3 is 0 Å². The number of phenolic OH excluding ortho intramolecular Hbond substituents is 1. The van der Waals surface area contributed by atoms with Crippen LogP contribution in [0, 0.1) is 5.92 Å². The molecule has 1 heterocycles. The number of nitrogens with zero attached hydrogens (tertiary/aromatic N) is 1. The molecule has 3 heteroatoms. The maximum absolute atomic E-state index is 10.3. The van der Waals surface area contributed by atoms with Crippen molar-refractivity contribution >= 4 is 5.69 Å². The van der Waals surface area contributed by atoms with Crippen molar-refractivity contribution in [3.05, 3.63) is 23.8 Å². The van der Waals surface area contributed by atoms with Gasteiger partial charge in [0.1, 0.15) is 5.75 Å². The van der Waals surface area contributed by atoms with Crippen LogP contribution in [0.4, 0.5) is 5.69 Å². The van der Waals surface area contributed by atoms with Crippen molar-refractivity contribution in [2.75, 3.05) is 24.5 Å². The van der Waals surface area contributed by atoms with Crippen LogP contribution in [-0.4, -0.2) is 24.7 Å². The van der Waals surface area contributed by atoms with Crippen LogP contribution in [-0.2, 0) is 0 Å². The largest absolute Gasteiger partial charge is 0.508 e. The Labute approximate surface area is 123 Å². The summed E-state index contributed by atoms with van der Waals surface area (Å²) >= 11 is 0. The van der Waals surface area contributed by atoms with Gasteiger partial charge in [0.25, 0.3) is 0 Å². The first-order valence-electron chi connectivity index (χ1n) is 7.93. The lowest BCUT2D eigenvalue weighted by Crippen LogP contribution is -2.32. The summed E-state index contributed by atoms with van der Waals surface area (Å²) < 4.78 is 0. The van der Waals surface area contributed by atoms with Gasteiger partial charge in [-0.25, -0.2) is 0 Å². The molecule has 0 aromatic heterocycles. The number of nitrogens with one attached hydrogen (secondary N) is 1. The smallest absolute Gasteiger partial charge is 0.122 e. The van der Waals surface area contributed by atoms with Crippen LogP contribution in [0.5, 0.6) is 5.75 Å². The zero-order valence-electron chi connectivity index (χ0n) is 13.0. The lowest BCUT2D eigenvalue weighted by molar-refractivity contribution is 0.435. The number of piperidine rings is 1. The third-order valence-corrected chi connectivity index (χ3v) is 4.33. The van der Waals surface area contributed by atoms with Crippen LogP contribution in [0.1, 0.15) is 51.6 Å². The van der Waals surface area contributed by atoms with E-state index in [0.717, 1.165) is 43.2 Å². The van der Waals surface area contributed by atoms with E-state index >= 15 is 0 Å². The van der Waals surface area contributed by atoms with E-state index in [1.54, 1.807) is 0 Å². The van der Waals surface area contributed by atoms with E-state index in [4.69, 9.17) is 0 Å². The van der Waals surface area contributed by atoms with Crippen LogP contribution in [0.3, 0.4) is 0 Å². The van der Waals surface area contributed by atoms with Crippen LogP contribution >= 0.6 is 0 Å². The van der Waals surface area contributed by atoms with Gasteiger partial charge in [-0.15, -0.1) is 0 Å². The molecule has 1 aromatic rings. The zero-order valence-corrected chi connectivity index (χ0v) is 13.0. The van der Waals surface area contributed by atoms with Crippen molar-refractivity contribution in [1.82, 2.24) is 5.32 Å². The number of hydrogen-bond donors (Lipinski definition) is 2. The molecule has 1 unspecified atom stereocenters. The second kappa shape index (κ2) is 6.98. The molecule has 0 aliphatic carbocycles. The molecule has 1 aliphatic rings. The van der Waals surface area contributed by atoms with Gasteiger partial charge < -0.3 is 15.3 Å². The molecule has 20 heavy (non-hydrogen) atoms. The number of phenols is 1. The van der Waals surface area contributed by atoms with Crippen LogP contribution < -0.4 is 10.2 Å². The van der Waals surface area contributed by atoms with E-state index in [0.29, 0.717) is 5.75 Å². The highest BCUT2D eigenvalue weighted by atomic mass is 16.3. The molecule has 0 amide bonds. The fourth-order valence-electron chi connectivity index (χ4n) is 2.83. The number of hydrogen-bond acceptors (Lipinski definition) is 3. The molecule has 0 saturated carbocycles. The van der Waals surface area contributed by atoms with Gasteiger partial charge in [-0.3, -0.25) is 0 Å². The maximum Gasteiger partial charge on any atom is 0.122 e. The Morgan fingerprint density at radius 3 is 2.65 bits per heavy atom. The summed E-state index contributed by atoms with van der Waals surface area (Å²) in [5.41, 5.74) is 2.15. The minimum Gasteiger partial charge on any atom is -0.508 e. The molecule has 112 valence electrons. The maximum atomic E-state index is 10.3. The van der Waals surface area contributed by atoms with Crippen LogP contribution in [0.2, 0.25) is 0 Å². The first-order chi connectivity index (χ1) is 9.61. The van der Waals surface area contributed by atoms with Crippen molar-refractivity contribution in [1.29, 1.82) is 0 Å². The molecule has 1 aromatic carbocycles. The molecule has 3 nitrogen and oxygen atoms in total. The Morgan fingerprint density at radius 2 is 2.05 bits per heavy atom. The average molecular weight is 276 g/mol. The van der Waals surface area contributed by atoms with Crippen LogP contribution in [0.15, 0.2) is 18.2 Å². The summed E-state index contributed by atoms with van der Waals surface area (Å²) in [6, 6.07) is 6.34. The lowest BCUT2D eigenvalue weighted by Gasteiger charge is -2.32. The van der Waals surface area contributed by atoms with Gasteiger partial charge in [-0.2, -0.15) is 0 Å². The fraction of sp³-hybridized carbons (Fsp3) is 0.647. The van der Waals surface area contributed by atoms with Crippen molar-refractivity contribution in [2.45, 2.75) is 46.1 Å². The normalized spacial score (nSPS) is 18.2. The summed E-state index contributed by atoms with van der Waals surface area (Å²) in [4.78, 5) is 2.38. The second-order valence-electron chi connectivity index (χ2n) is 6.09. The first-order valence-corrected chi connectivity index (χ1v) is 7.93. The standard InChI is InChI=1S/C17H28N2O/c1-4-9-18-14(3)16-6-5-15(12-17(16)20)19-10-7-13(2)8-11-19/h5-6,12-14,18,20H,4,7-11H2,1-3H3. The Morgan fingerprint density at radius 1 is 1.35 bits per heavy atom. The number of aromatic hydroxyl groups is 1. The number of anilines is 1. The van der Waals surface area contributed by atoms with Crippen molar-refractivity contribution in [2.24, 2.45) is 5.92 Å². The van der Waals surface area contributed by atoms with E-state index in [1.807, 2.05) is 6.07 Å². The van der Waals surface area contributed by atoms with Gasteiger partial charge in [0.15, 0.2) is 0 Å². The summed E-state index contributed by atoms with van der Waals surface area (Å²) in [5.74, 6) is 1.25. The number of benzene rings is 1. The van der Waals surface area contributed by atoms with E-state index in [2.05, 4.69) is 43.1 Å². The van der Waals surface area contributed by atoms with E-state index < -0.39 is 0 Å². The van der Waals surface area contributed by atoms with Crippen molar-refractivity contribution < 1.29 is 5.11 Å². The molecular formula is C17H28N2O. The highest BCUT2D eigenvalue weighted by Gasteiger charge is 2.17. The molecule has 0 bridgehead atoms. The van der Waals surface area contributed by atoms with E-state index in [-0.39, 0.29) is 6.04 Å². The monoisotopic (exact) mass is 276 g/mol. The highest BCUT2D eigenvalue weighted by molar-refractivity contribution is 5.54. The third kappa shape index (κ3) is 3.66. The van der Waals surface area contributed by atoms with Gasteiger partial charge in [0.05, 0.1) is 0 Å². The number of rotatable bonds is 5. The Bertz CT molecular complexity index is 425. The van der Waals surface area contributed by atoms with Crippen molar-refractivity contribution in [3.63, 3.8) is 0 Å². The quantitative estimate of drug-likeness (QED) is 0.861. The molecular weight excluding hydrogens is 248 g/mol. The summed E-state index contributed by atoms with van der Waals surface area (Å²) in [6.07, 6.45) is 3.60.